The maximum Gasteiger partial charge on any atom is 0.0610 e. The predicted molar refractivity (Wildman–Crippen MR) is 54.9 cm³/mol. The van der Waals surface area contributed by atoms with E-state index in [1.165, 1.54) is 0 Å². The molecule has 80 valence electrons. The molecule has 0 spiro atoms. The van der Waals surface area contributed by atoms with Crippen LogP contribution in [0.1, 0.15) is 33.1 Å². The van der Waals surface area contributed by atoms with E-state index in [0.29, 0.717) is 0 Å². The van der Waals surface area contributed by atoms with Gasteiger partial charge < -0.3 is 15.2 Å². The van der Waals surface area contributed by atoms with Crippen molar-refractivity contribution >= 4 is 0 Å². The summed E-state index contributed by atoms with van der Waals surface area (Å²) in [5.41, 5.74) is -0.119. The summed E-state index contributed by atoms with van der Waals surface area (Å²) < 4.78 is 5.23. The van der Waals surface area contributed by atoms with Crippen molar-refractivity contribution < 1.29 is 9.84 Å². The molecule has 0 fully saturated rings. The van der Waals surface area contributed by atoms with Crippen LogP contribution >= 0.6 is 0 Å². The first-order valence-electron chi connectivity index (χ1n) is 5.06. The molecule has 2 N–H and O–H groups in total. The first kappa shape index (κ1) is 12.9. The number of likely N-dealkylation sites (N-methyl/N-ethyl adjacent to an activating group) is 1. The van der Waals surface area contributed by atoms with Crippen LogP contribution in [-0.2, 0) is 4.74 Å². The summed E-state index contributed by atoms with van der Waals surface area (Å²) in [7, 11) is 1.89. The summed E-state index contributed by atoms with van der Waals surface area (Å²) in [4.78, 5) is 0. The number of hydrogen-bond donors (Lipinski definition) is 2. The maximum atomic E-state index is 9.09. The molecule has 1 atom stereocenters. The fourth-order valence-corrected chi connectivity index (χ4v) is 1.15. The normalized spacial score (nSPS) is 15.7. The summed E-state index contributed by atoms with van der Waals surface area (Å²) in [6, 6.07) is 0. The van der Waals surface area contributed by atoms with Crippen molar-refractivity contribution in [3.63, 3.8) is 0 Å². The van der Waals surface area contributed by atoms with E-state index in [4.69, 9.17) is 9.84 Å². The standard InChI is InChI=1S/C10H23NO2/c1-4-13-8-6-5-7-10(2,9-12)11-3/h11-12H,4-9H2,1-3H3. The molecular weight excluding hydrogens is 166 g/mol. The van der Waals surface area contributed by atoms with Crippen LogP contribution in [0.4, 0.5) is 0 Å². The first-order valence-corrected chi connectivity index (χ1v) is 5.06. The van der Waals surface area contributed by atoms with Crippen molar-refractivity contribution in [3.8, 4) is 0 Å². The van der Waals surface area contributed by atoms with E-state index in [1.54, 1.807) is 0 Å². The molecule has 0 aromatic rings. The molecule has 3 nitrogen and oxygen atoms in total. The van der Waals surface area contributed by atoms with Gasteiger partial charge in [0.05, 0.1) is 6.61 Å². The summed E-state index contributed by atoms with van der Waals surface area (Å²) in [6.07, 6.45) is 3.16. The topological polar surface area (TPSA) is 41.5 Å². The lowest BCUT2D eigenvalue weighted by Crippen LogP contribution is -2.43. The third-order valence-corrected chi connectivity index (χ3v) is 2.42. The molecule has 0 radical (unpaired) electrons. The Morgan fingerprint density at radius 1 is 1.38 bits per heavy atom. The van der Waals surface area contributed by atoms with Gasteiger partial charge in [0, 0.05) is 18.8 Å². The summed E-state index contributed by atoms with van der Waals surface area (Å²) >= 11 is 0. The van der Waals surface area contributed by atoms with E-state index in [0.717, 1.165) is 32.5 Å². The predicted octanol–water partition coefficient (Wildman–Crippen LogP) is 1.16. The molecular formula is C10H23NO2. The van der Waals surface area contributed by atoms with Crippen LogP contribution in [0.2, 0.25) is 0 Å². The van der Waals surface area contributed by atoms with Crippen LogP contribution in [0.25, 0.3) is 0 Å². The number of hydrogen-bond acceptors (Lipinski definition) is 3. The minimum absolute atomic E-state index is 0.119. The quantitative estimate of drug-likeness (QED) is 0.563. The van der Waals surface area contributed by atoms with Crippen molar-refractivity contribution in [2.75, 3.05) is 26.9 Å². The van der Waals surface area contributed by atoms with Gasteiger partial charge in [-0.1, -0.05) is 0 Å². The Bertz CT molecular complexity index is 113. The Morgan fingerprint density at radius 3 is 2.54 bits per heavy atom. The maximum absolute atomic E-state index is 9.09. The van der Waals surface area contributed by atoms with Crippen LogP contribution in [0, 0.1) is 0 Å². The fraction of sp³-hybridized carbons (Fsp3) is 1.00. The number of unbranched alkanes of at least 4 members (excludes halogenated alkanes) is 1. The number of aliphatic hydroxyl groups is 1. The average Bonchev–Trinajstić information content (AvgIpc) is 2.17. The Hall–Kier alpha value is -0.120. The van der Waals surface area contributed by atoms with Crippen molar-refractivity contribution in [1.29, 1.82) is 0 Å². The fourth-order valence-electron chi connectivity index (χ4n) is 1.15. The number of aliphatic hydroxyl groups excluding tert-OH is 1. The molecule has 0 aromatic carbocycles. The molecule has 0 aliphatic rings. The lowest BCUT2D eigenvalue weighted by molar-refractivity contribution is 0.133. The van der Waals surface area contributed by atoms with E-state index in [9.17, 15) is 0 Å². The zero-order valence-electron chi connectivity index (χ0n) is 9.10. The van der Waals surface area contributed by atoms with E-state index in [2.05, 4.69) is 5.32 Å². The number of nitrogens with one attached hydrogen (secondary N) is 1. The SMILES string of the molecule is CCOCCCCC(C)(CO)NC. The second kappa shape index (κ2) is 7.30. The Kier molecular flexibility index (Phi) is 7.23. The van der Waals surface area contributed by atoms with Gasteiger partial charge in [-0.2, -0.15) is 0 Å². The van der Waals surface area contributed by atoms with Gasteiger partial charge >= 0.3 is 0 Å². The highest BCUT2D eigenvalue weighted by Gasteiger charge is 2.19. The van der Waals surface area contributed by atoms with Crippen molar-refractivity contribution in [1.82, 2.24) is 5.32 Å². The summed E-state index contributed by atoms with van der Waals surface area (Å²) in [5.74, 6) is 0. The smallest absolute Gasteiger partial charge is 0.0610 e. The van der Waals surface area contributed by atoms with Gasteiger partial charge in [0.15, 0.2) is 0 Å². The second-order valence-electron chi connectivity index (χ2n) is 3.62. The highest BCUT2D eigenvalue weighted by molar-refractivity contribution is 4.79. The van der Waals surface area contributed by atoms with E-state index in [-0.39, 0.29) is 12.1 Å². The molecule has 3 heteroatoms. The minimum atomic E-state index is -0.119. The lowest BCUT2D eigenvalue weighted by atomic mass is 9.96. The molecule has 13 heavy (non-hydrogen) atoms. The molecule has 0 saturated heterocycles. The Balaban J connectivity index is 3.39. The van der Waals surface area contributed by atoms with Gasteiger partial charge in [0.1, 0.15) is 0 Å². The van der Waals surface area contributed by atoms with Crippen LogP contribution in [0.3, 0.4) is 0 Å². The van der Waals surface area contributed by atoms with Gasteiger partial charge in [-0.3, -0.25) is 0 Å². The van der Waals surface area contributed by atoms with Gasteiger partial charge in [0.25, 0.3) is 0 Å². The molecule has 0 heterocycles. The van der Waals surface area contributed by atoms with Crippen LogP contribution < -0.4 is 5.32 Å². The van der Waals surface area contributed by atoms with Crippen LogP contribution in [0.5, 0.6) is 0 Å². The Morgan fingerprint density at radius 2 is 2.08 bits per heavy atom. The molecule has 1 unspecified atom stereocenters. The third kappa shape index (κ3) is 6.02. The van der Waals surface area contributed by atoms with E-state index in [1.807, 2.05) is 20.9 Å². The molecule has 0 aromatic heterocycles. The molecule has 0 bridgehead atoms. The molecule has 0 amide bonds. The van der Waals surface area contributed by atoms with Gasteiger partial charge in [-0.25, -0.2) is 0 Å². The van der Waals surface area contributed by atoms with Gasteiger partial charge in [-0.05, 0) is 40.2 Å². The van der Waals surface area contributed by atoms with Crippen molar-refractivity contribution in [3.05, 3.63) is 0 Å². The zero-order valence-corrected chi connectivity index (χ0v) is 9.10. The first-order chi connectivity index (χ1) is 6.18. The number of rotatable bonds is 8. The molecule has 0 aliphatic carbocycles. The minimum Gasteiger partial charge on any atom is -0.394 e. The highest BCUT2D eigenvalue weighted by atomic mass is 16.5. The second-order valence-corrected chi connectivity index (χ2v) is 3.62. The highest BCUT2D eigenvalue weighted by Crippen LogP contribution is 2.12. The molecule has 0 saturated carbocycles. The van der Waals surface area contributed by atoms with E-state index < -0.39 is 0 Å². The average molecular weight is 189 g/mol. The van der Waals surface area contributed by atoms with Gasteiger partial charge in [0.2, 0.25) is 0 Å². The van der Waals surface area contributed by atoms with Crippen molar-refractivity contribution in [2.24, 2.45) is 0 Å². The number of ether oxygens (including phenoxy) is 1. The summed E-state index contributed by atoms with van der Waals surface area (Å²) in [6.45, 7) is 5.86. The van der Waals surface area contributed by atoms with Gasteiger partial charge in [-0.15, -0.1) is 0 Å². The molecule has 0 aliphatic heterocycles. The van der Waals surface area contributed by atoms with Crippen LogP contribution in [-0.4, -0.2) is 37.5 Å². The van der Waals surface area contributed by atoms with Crippen LogP contribution in [0.15, 0.2) is 0 Å². The van der Waals surface area contributed by atoms with Crippen molar-refractivity contribution in [2.45, 2.75) is 38.6 Å². The third-order valence-electron chi connectivity index (χ3n) is 2.42. The molecule has 0 rings (SSSR count). The Labute approximate surface area is 81.5 Å². The lowest BCUT2D eigenvalue weighted by Gasteiger charge is -2.26. The summed E-state index contributed by atoms with van der Waals surface area (Å²) in [5, 5.41) is 12.2. The van der Waals surface area contributed by atoms with E-state index >= 15 is 0 Å². The zero-order chi connectivity index (χ0) is 10.2. The largest absolute Gasteiger partial charge is 0.394 e. The monoisotopic (exact) mass is 189 g/mol.